The van der Waals surface area contributed by atoms with Gasteiger partial charge in [-0.2, -0.15) is 0 Å². The van der Waals surface area contributed by atoms with Gasteiger partial charge in [0.25, 0.3) is 0 Å². The van der Waals surface area contributed by atoms with E-state index in [1.54, 1.807) is 12.5 Å². The highest BCUT2D eigenvalue weighted by Gasteiger charge is 2.33. The van der Waals surface area contributed by atoms with Crippen LogP contribution in [0.5, 0.6) is 5.75 Å². The molecule has 1 aromatic carbocycles. The Hall–Kier alpha value is -2.38. The third-order valence-corrected chi connectivity index (χ3v) is 6.85. The van der Waals surface area contributed by atoms with Gasteiger partial charge in [-0.1, -0.05) is 24.6 Å². The number of imidazole rings is 1. The molecule has 1 saturated heterocycles. The molecule has 0 spiro atoms. The lowest BCUT2D eigenvalue weighted by Gasteiger charge is -2.41. The maximum Gasteiger partial charge on any atom is 0.242 e. The van der Waals surface area contributed by atoms with E-state index in [9.17, 15) is 9.90 Å². The van der Waals surface area contributed by atoms with Crippen LogP contribution < -0.4 is 4.74 Å². The topological polar surface area (TPSA) is 70.8 Å². The monoisotopic (exact) mass is 426 g/mol. The van der Waals surface area contributed by atoms with Crippen molar-refractivity contribution >= 4 is 5.91 Å². The van der Waals surface area contributed by atoms with Crippen LogP contribution in [0.2, 0.25) is 0 Å². The van der Waals surface area contributed by atoms with Crippen LogP contribution in [0.1, 0.15) is 37.7 Å². The molecule has 1 fully saturated rings. The van der Waals surface area contributed by atoms with Crippen molar-refractivity contribution in [2.45, 2.75) is 45.2 Å². The minimum Gasteiger partial charge on any atom is -0.491 e. The van der Waals surface area contributed by atoms with Crippen molar-refractivity contribution in [1.29, 1.82) is 0 Å². The van der Waals surface area contributed by atoms with Crippen LogP contribution in [0.25, 0.3) is 0 Å². The second-order valence-electron chi connectivity index (χ2n) is 8.96. The molecule has 0 unspecified atom stereocenters. The molecule has 2 bridgehead atoms. The van der Waals surface area contributed by atoms with E-state index >= 15 is 0 Å². The van der Waals surface area contributed by atoms with Crippen molar-refractivity contribution in [3.05, 3.63) is 48.5 Å². The Balaban J connectivity index is 1.48. The lowest BCUT2D eigenvalue weighted by atomic mass is 9.75. The van der Waals surface area contributed by atoms with Crippen molar-refractivity contribution in [1.82, 2.24) is 19.4 Å². The highest BCUT2D eigenvalue weighted by atomic mass is 16.5. The highest BCUT2D eigenvalue weighted by Crippen LogP contribution is 2.37. The van der Waals surface area contributed by atoms with Crippen LogP contribution in [0.15, 0.2) is 43.0 Å². The molecule has 0 radical (unpaired) electrons. The Bertz CT molecular complexity index is 831. The molecule has 31 heavy (non-hydrogen) atoms. The molecule has 1 N–H and O–H groups in total. The maximum atomic E-state index is 12.9. The molecule has 3 aliphatic rings. The van der Waals surface area contributed by atoms with E-state index in [1.165, 1.54) is 5.56 Å². The minimum absolute atomic E-state index is 0.0261. The molecular weight excluding hydrogens is 392 g/mol. The van der Waals surface area contributed by atoms with E-state index in [4.69, 9.17) is 4.74 Å². The summed E-state index contributed by atoms with van der Waals surface area (Å²) in [5.41, 5.74) is 1.21. The Kier molecular flexibility index (Phi) is 7.25. The summed E-state index contributed by atoms with van der Waals surface area (Å²) in [4.78, 5) is 21.3. The largest absolute Gasteiger partial charge is 0.491 e. The van der Waals surface area contributed by atoms with Crippen molar-refractivity contribution < 1.29 is 14.6 Å². The van der Waals surface area contributed by atoms with Gasteiger partial charge in [0.05, 0.1) is 12.9 Å². The molecule has 0 saturated carbocycles. The van der Waals surface area contributed by atoms with Gasteiger partial charge < -0.3 is 19.3 Å². The summed E-state index contributed by atoms with van der Waals surface area (Å²) in [6, 6.07) is 8.21. The molecular formula is C24H34N4O3. The molecule has 1 amide bonds. The Morgan fingerprint density at radius 1 is 1.10 bits per heavy atom. The molecule has 7 nitrogen and oxygen atoms in total. The summed E-state index contributed by atoms with van der Waals surface area (Å²) >= 11 is 0. The molecule has 3 aliphatic heterocycles. The van der Waals surface area contributed by atoms with Gasteiger partial charge in [0.15, 0.2) is 0 Å². The van der Waals surface area contributed by atoms with Crippen molar-refractivity contribution in [3.8, 4) is 5.75 Å². The summed E-state index contributed by atoms with van der Waals surface area (Å²) in [6.45, 7) is 5.18. The number of rotatable bonds is 3. The molecule has 1 aromatic heterocycles. The van der Waals surface area contributed by atoms with Gasteiger partial charge in [-0.05, 0) is 50.3 Å². The molecule has 0 aliphatic carbocycles. The summed E-state index contributed by atoms with van der Waals surface area (Å²) in [7, 11) is 0. The van der Waals surface area contributed by atoms with E-state index in [0.29, 0.717) is 26.2 Å². The fourth-order valence-corrected chi connectivity index (χ4v) is 4.75. The normalized spacial score (nSPS) is 25.2. The van der Waals surface area contributed by atoms with E-state index in [-0.39, 0.29) is 17.9 Å². The Labute approximate surface area is 184 Å². The number of hydrogen-bond donors (Lipinski definition) is 1. The van der Waals surface area contributed by atoms with Gasteiger partial charge in [-0.15, -0.1) is 0 Å². The van der Waals surface area contributed by atoms with Crippen molar-refractivity contribution in [3.63, 3.8) is 0 Å². The molecule has 7 heteroatoms. The minimum atomic E-state index is 0.0261. The van der Waals surface area contributed by atoms with Gasteiger partial charge in [0.1, 0.15) is 18.9 Å². The molecule has 2 aromatic rings. The van der Waals surface area contributed by atoms with Crippen LogP contribution in [0.4, 0.5) is 0 Å². The van der Waals surface area contributed by atoms with Crippen LogP contribution in [-0.2, 0) is 17.9 Å². The number of piperidine rings is 1. The highest BCUT2D eigenvalue weighted by molar-refractivity contribution is 5.76. The summed E-state index contributed by atoms with van der Waals surface area (Å²) in [5.74, 6) is 0.987. The van der Waals surface area contributed by atoms with Crippen LogP contribution in [0, 0.1) is 5.41 Å². The molecule has 4 heterocycles. The number of para-hydroxylation sites is 1. The number of amides is 1. The third kappa shape index (κ3) is 5.66. The summed E-state index contributed by atoms with van der Waals surface area (Å²) in [6.07, 6.45) is 10.2. The second-order valence-corrected chi connectivity index (χ2v) is 8.96. The van der Waals surface area contributed by atoms with Gasteiger partial charge in [-0.3, -0.25) is 9.69 Å². The van der Waals surface area contributed by atoms with Crippen molar-refractivity contribution in [2.24, 2.45) is 5.41 Å². The first-order valence-electron chi connectivity index (χ1n) is 11.4. The second kappa shape index (κ2) is 10.3. The number of carbonyl (C=O) groups excluding carboxylic acids is 1. The van der Waals surface area contributed by atoms with Gasteiger partial charge in [0.2, 0.25) is 5.91 Å². The van der Waals surface area contributed by atoms with E-state index in [2.05, 4.69) is 22.0 Å². The van der Waals surface area contributed by atoms with Crippen LogP contribution >= 0.6 is 0 Å². The Morgan fingerprint density at radius 2 is 1.94 bits per heavy atom. The van der Waals surface area contributed by atoms with Gasteiger partial charge in [0, 0.05) is 37.7 Å². The fourth-order valence-electron chi connectivity index (χ4n) is 4.75. The van der Waals surface area contributed by atoms with Gasteiger partial charge >= 0.3 is 0 Å². The van der Waals surface area contributed by atoms with Crippen molar-refractivity contribution in [2.75, 3.05) is 39.4 Å². The summed E-state index contributed by atoms with van der Waals surface area (Å²) < 4.78 is 7.95. The van der Waals surface area contributed by atoms with E-state index in [1.807, 2.05) is 27.8 Å². The number of benzene rings is 1. The SMILES string of the molecule is O=C(Cn1ccnc1)N1CCCCC2(CO)CCN(CC2)Cc2ccccc2OCC1. The first-order chi connectivity index (χ1) is 15.2. The number of carbonyl (C=O) groups is 1. The summed E-state index contributed by atoms with van der Waals surface area (Å²) in [5, 5.41) is 10.1. The number of hydrogen-bond acceptors (Lipinski definition) is 5. The zero-order valence-corrected chi connectivity index (χ0v) is 18.3. The Morgan fingerprint density at radius 3 is 2.71 bits per heavy atom. The lowest BCUT2D eigenvalue weighted by Crippen LogP contribution is -2.41. The number of aliphatic hydroxyl groups is 1. The fraction of sp³-hybridized carbons (Fsp3) is 0.583. The number of aliphatic hydroxyl groups excluding tert-OH is 1. The quantitative estimate of drug-likeness (QED) is 0.817. The number of fused-ring (bicyclic) bond motifs is 9. The lowest BCUT2D eigenvalue weighted by molar-refractivity contribution is -0.132. The molecule has 5 rings (SSSR count). The zero-order chi connectivity index (χ0) is 21.5. The zero-order valence-electron chi connectivity index (χ0n) is 18.3. The predicted molar refractivity (Wildman–Crippen MR) is 119 cm³/mol. The standard InChI is InChI=1S/C24H34N4O3/c29-19-24-7-3-4-11-28(23(30)18-27-14-10-25-20-27)15-16-31-22-6-2-1-5-21(22)17-26(12-8-24)13-9-24/h1-2,5-6,10,14,20,29H,3-4,7-9,11-13,15-19H2. The third-order valence-electron chi connectivity index (χ3n) is 6.85. The predicted octanol–water partition coefficient (Wildman–Crippen LogP) is 2.55. The van der Waals surface area contributed by atoms with E-state index in [0.717, 1.165) is 57.5 Å². The smallest absolute Gasteiger partial charge is 0.242 e. The average molecular weight is 427 g/mol. The maximum absolute atomic E-state index is 12.9. The van der Waals surface area contributed by atoms with Crippen LogP contribution in [0.3, 0.4) is 0 Å². The number of aromatic nitrogens is 2. The average Bonchev–Trinajstić information content (AvgIpc) is 3.30. The van der Waals surface area contributed by atoms with E-state index < -0.39 is 0 Å². The first kappa shape index (κ1) is 21.8. The van der Waals surface area contributed by atoms with Crippen LogP contribution in [-0.4, -0.2) is 69.8 Å². The number of ether oxygens (including phenoxy) is 1. The number of nitrogens with zero attached hydrogens (tertiary/aromatic N) is 4. The molecule has 168 valence electrons. The van der Waals surface area contributed by atoms with Gasteiger partial charge in [-0.25, -0.2) is 4.98 Å². The first-order valence-corrected chi connectivity index (χ1v) is 11.4. The molecule has 0 atom stereocenters.